The molecule has 1 aromatic rings. The molecule has 0 atom stereocenters. The minimum absolute atomic E-state index is 0.145. The third-order valence-corrected chi connectivity index (χ3v) is 2.49. The molecule has 0 heterocycles. The molecule has 0 aliphatic rings. The SMILES string of the molecule is Cc1c(N)cc(C(=O)NC(C)(C)CO)cc1F. The largest absolute Gasteiger partial charge is 0.398 e. The van der Waals surface area contributed by atoms with E-state index in [1.165, 1.54) is 6.07 Å². The van der Waals surface area contributed by atoms with Crippen molar-refractivity contribution in [2.75, 3.05) is 12.3 Å². The first-order valence-electron chi connectivity index (χ1n) is 5.26. The van der Waals surface area contributed by atoms with Gasteiger partial charge in [0.25, 0.3) is 5.91 Å². The fourth-order valence-electron chi connectivity index (χ4n) is 1.25. The number of halogens is 1. The van der Waals surface area contributed by atoms with Gasteiger partial charge in [0.2, 0.25) is 0 Å². The highest BCUT2D eigenvalue weighted by molar-refractivity contribution is 5.95. The van der Waals surface area contributed by atoms with Crippen molar-refractivity contribution in [1.29, 1.82) is 0 Å². The Labute approximate surface area is 99.6 Å². The Morgan fingerprint density at radius 3 is 2.59 bits per heavy atom. The Bertz CT molecular complexity index is 421. The lowest BCUT2D eigenvalue weighted by atomic mass is 10.0. The Hall–Kier alpha value is -1.62. The lowest BCUT2D eigenvalue weighted by Crippen LogP contribution is -2.46. The third-order valence-electron chi connectivity index (χ3n) is 2.49. The summed E-state index contributed by atoms with van der Waals surface area (Å²) in [5.74, 6) is -0.980. The first-order valence-corrected chi connectivity index (χ1v) is 5.26. The van der Waals surface area contributed by atoms with Crippen molar-refractivity contribution in [3.63, 3.8) is 0 Å². The van der Waals surface area contributed by atoms with Gasteiger partial charge in [0.1, 0.15) is 5.82 Å². The fraction of sp³-hybridized carbons (Fsp3) is 0.417. The summed E-state index contributed by atoms with van der Waals surface area (Å²) in [5, 5.41) is 11.6. The second-order valence-corrected chi connectivity index (χ2v) is 4.67. The number of carbonyl (C=O) groups excluding carboxylic acids is 1. The molecule has 0 saturated heterocycles. The highest BCUT2D eigenvalue weighted by atomic mass is 19.1. The number of amides is 1. The standard InChI is InChI=1S/C12H17FN2O2/c1-7-9(13)4-8(5-10(7)14)11(17)15-12(2,3)6-16/h4-5,16H,6,14H2,1-3H3,(H,15,17). The zero-order valence-electron chi connectivity index (χ0n) is 10.2. The average Bonchev–Trinajstić information content (AvgIpc) is 2.24. The molecule has 1 amide bonds. The van der Waals surface area contributed by atoms with E-state index in [2.05, 4.69) is 5.32 Å². The average molecular weight is 240 g/mol. The summed E-state index contributed by atoms with van der Waals surface area (Å²) in [5.41, 5.74) is 5.53. The van der Waals surface area contributed by atoms with Gasteiger partial charge in [-0.3, -0.25) is 4.79 Å². The number of nitrogens with one attached hydrogen (secondary N) is 1. The fourth-order valence-corrected chi connectivity index (χ4v) is 1.25. The Balaban J connectivity index is 2.98. The zero-order chi connectivity index (χ0) is 13.2. The number of nitrogen functional groups attached to an aromatic ring is 1. The van der Waals surface area contributed by atoms with Crippen LogP contribution in [0, 0.1) is 12.7 Å². The van der Waals surface area contributed by atoms with Gasteiger partial charge in [-0.05, 0) is 32.9 Å². The van der Waals surface area contributed by atoms with E-state index in [0.29, 0.717) is 5.56 Å². The number of rotatable bonds is 3. The quantitative estimate of drug-likeness (QED) is 0.695. The van der Waals surface area contributed by atoms with Gasteiger partial charge in [0.05, 0.1) is 12.1 Å². The van der Waals surface area contributed by atoms with E-state index >= 15 is 0 Å². The zero-order valence-corrected chi connectivity index (χ0v) is 10.2. The predicted octanol–water partition coefficient (Wildman–Crippen LogP) is 1.22. The van der Waals surface area contributed by atoms with Crippen LogP contribution in [0.3, 0.4) is 0 Å². The van der Waals surface area contributed by atoms with Crippen molar-refractivity contribution in [3.8, 4) is 0 Å². The molecule has 0 aliphatic carbocycles. The summed E-state index contributed by atoms with van der Waals surface area (Å²) in [6, 6.07) is 2.55. The molecule has 4 N–H and O–H groups in total. The van der Waals surface area contributed by atoms with Crippen molar-refractivity contribution in [2.45, 2.75) is 26.3 Å². The molecule has 17 heavy (non-hydrogen) atoms. The number of nitrogens with two attached hydrogens (primary N) is 1. The molecule has 1 aromatic carbocycles. The minimum Gasteiger partial charge on any atom is -0.398 e. The third kappa shape index (κ3) is 3.17. The van der Waals surface area contributed by atoms with Gasteiger partial charge in [-0.1, -0.05) is 0 Å². The predicted molar refractivity (Wildman–Crippen MR) is 64.2 cm³/mol. The van der Waals surface area contributed by atoms with Crippen LogP contribution in [0.1, 0.15) is 29.8 Å². The Morgan fingerprint density at radius 1 is 1.53 bits per heavy atom. The van der Waals surface area contributed by atoms with Gasteiger partial charge in [0.15, 0.2) is 0 Å². The van der Waals surface area contributed by atoms with E-state index in [1.807, 2.05) is 0 Å². The number of hydrogen-bond acceptors (Lipinski definition) is 3. The lowest BCUT2D eigenvalue weighted by Gasteiger charge is -2.23. The normalized spacial score (nSPS) is 11.4. The number of aliphatic hydroxyl groups excluding tert-OH is 1. The molecule has 0 aromatic heterocycles. The van der Waals surface area contributed by atoms with E-state index in [-0.39, 0.29) is 17.9 Å². The van der Waals surface area contributed by atoms with Gasteiger partial charge >= 0.3 is 0 Å². The van der Waals surface area contributed by atoms with Gasteiger partial charge < -0.3 is 16.2 Å². The highest BCUT2D eigenvalue weighted by Gasteiger charge is 2.21. The van der Waals surface area contributed by atoms with Crippen LogP contribution >= 0.6 is 0 Å². The summed E-state index contributed by atoms with van der Waals surface area (Å²) in [6.07, 6.45) is 0. The Morgan fingerprint density at radius 2 is 2.12 bits per heavy atom. The Kier molecular flexibility index (Phi) is 3.72. The lowest BCUT2D eigenvalue weighted by molar-refractivity contribution is 0.0869. The van der Waals surface area contributed by atoms with E-state index in [9.17, 15) is 9.18 Å². The van der Waals surface area contributed by atoms with Gasteiger partial charge in [-0.15, -0.1) is 0 Å². The minimum atomic E-state index is -0.757. The molecule has 0 radical (unpaired) electrons. The topological polar surface area (TPSA) is 75.4 Å². The molecule has 94 valence electrons. The van der Waals surface area contributed by atoms with Crippen LogP contribution in [0.25, 0.3) is 0 Å². The summed E-state index contributed by atoms with van der Waals surface area (Å²) >= 11 is 0. The maximum Gasteiger partial charge on any atom is 0.251 e. The van der Waals surface area contributed by atoms with Gasteiger partial charge in [-0.25, -0.2) is 4.39 Å². The second kappa shape index (κ2) is 4.71. The van der Waals surface area contributed by atoms with Crippen molar-refractivity contribution >= 4 is 11.6 Å². The van der Waals surface area contributed by atoms with Crippen molar-refractivity contribution in [2.24, 2.45) is 0 Å². The number of hydrogen-bond donors (Lipinski definition) is 3. The van der Waals surface area contributed by atoms with Crippen LogP contribution < -0.4 is 11.1 Å². The molecule has 4 nitrogen and oxygen atoms in total. The van der Waals surface area contributed by atoms with Gasteiger partial charge in [-0.2, -0.15) is 0 Å². The molecular weight excluding hydrogens is 223 g/mol. The molecule has 0 bridgehead atoms. The van der Waals surface area contributed by atoms with Crippen molar-refractivity contribution in [1.82, 2.24) is 5.32 Å². The molecule has 0 saturated carbocycles. The monoisotopic (exact) mass is 240 g/mol. The first kappa shape index (κ1) is 13.4. The number of anilines is 1. The summed E-state index contributed by atoms with van der Waals surface area (Å²) in [7, 11) is 0. The maximum absolute atomic E-state index is 13.4. The van der Waals surface area contributed by atoms with E-state index in [1.54, 1.807) is 20.8 Å². The van der Waals surface area contributed by atoms with Crippen LogP contribution in [0.4, 0.5) is 10.1 Å². The van der Waals surface area contributed by atoms with E-state index in [0.717, 1.165) is 6.07 Å². The van der Waals surface area contributed by atoms with Crippen LogP contribution in [0.5, 0.6) is 0 Å². The number of benzene rings is 1. The van der Waals surface area contributed by atoms with Gasteiger partial charge in [0, 0.05) is 16.8 Å². The number of carbonyl (C=O) groups is 1. The molecule has 0 spiro atoms. The molecule has 0 fully saturated rings. The summed E-state index contributed by atoms with van der Waals surface area (Å²) < 4.78 is 13.4. The maximum atomic E-state index is 13.4. The highest BCUT2D eigenvalue weighted by Crippen LogP contribution is 2.18. The first-order chi connectivity index (χ1) is 7.76. The summed E-state index contributed by atoms with van der Waals surface area (Å²) in [6.45, 7) is 4.67. The van der Waals surface area contributed by atoms with Crippen LogP contribution in [-0.2, 0) is 0 Å². The van der Waals surface area contributed by atoms with E-state index in [4.69, 9.17) is 10.8 Å². The molecular formula is C12H17FN2O2. The summed E-state index contributed by atoms with van der Waals surface area (Å²) in [4.78, 5) is 11.8. The molecule has 0 aliphatic heterocycles. The second-order valence-electron chi connectivity index (χ2n) is 4.67. The molecule has 0 unspecified atom stereocenters. The van der Waals surface area contributed by atoms with Crippen LogP contribution in [-0.4, -0.2) is 23.2 Å². The number of aliphatic hydroxyl groups is 1. The molecule has 1 rings (SSSR count). The van der Waals surface area contributed by atoms with E-state index < -0.39 is 17.3 Å². The van der Waals surface area contributed by atoms with Crippen LogP contribution in [0.15, 0.2) is 12.1 Å². The van der Waals surface area contributed by atoms with Crippen LogP contribution in [0.2, 0.25) is 0 Å². The molecule has 5 heteroatoms. The van der Waals surface area contributed by atoms with Crippen molar-refractivity contribution < 1.29 is 14.3 Å². The smallest absolute Gasteiger partial charge is 0.251 e. The van der Waals surface area contributed by atoms with Crippen molar-refractivity contribution in [3.05, 3.63) is 29.1 Å².